The molecule has 0 aliphatic heterocycles. The molecule has 0 spiro atoms. The highest BCUT2D eigenvalue weighted by atomic mass is 16.1. The molecular formula is C15H17N3O. The van der Waals surface area contributed by atoms with E-state index in [-0.39, 0.29) is 11.9 Å². The number of nitrogens with one attached hydrogen (secondary N) is 1. The Morgan fingerprint density at radius 3 is 2.42 bits per heavy atom. The molecule has 0 saturated heterocycles. The molecule has 0 heterocycles. The normalized spacial score (nSPS) is 11.8. The molecule has 1 amide bonds. The van der Waals surface area contributed by atoms with Gasteiger partial charge in [0.05, 0.1) is 11.6 Å². The zero-order chi connectivity index (χ0) is 13.8. The summed E-state index contributed by atoms with van der Waals surface area (Å²) in [6.07, 6.45) is 0. The summed E-state index contributed by atoms with van der Waals surface area (Å²) in [5, 5.41) is 2.91. The molecule has 1 unspecified atom stereocenters. The van der Waals surface area contributed by atoms with Gasteiger partial charge in [0, 0.05) is 11.4 Å². The Kier molecular flexibility index (Phi) is 3.71. The molecule has 0 aliphatic rings. The number of rotatable bonds is 3. The summed E-state index contributed by atoms with van der Waals surface area (Å²) in [6.45, 7) is 1.93. The molecule has 2 aromatic carbocycles. The minimum absolute atomic E-state index is 0.0781. The van der Waals surface area contributed by atoms with Crippen LogP contribution in [0.2, 0.25) is 0 Å². The van der Waals surface area contributed by atoms with E-state index in [2.05, 4.69) is 5.32 Å². The first-order valence-electron chi connectivity index (χ1n) is 6.08. The number of amides is 1. The van der Waals surface area contributed by atoms with Crippen molar-refractivity contribution in [2.24, 2.45) is 0 Å². The third kappa shape index (κ3) is 3.04. The fourth-order valence-electron chi connectivity index (χ4n) is 1.89. The van der Waals surface area contributed by atoms with E-state index in [4.69, 9.17) is 11.5 Å². The lowest BCUT2D eigenvalue weighted by Crippen LogP contribution is -2.27. The van der Waals surface area contributed by atoms with Gasteiger partial charge in [-0.25, -0.2) is 0 Å². The van der Waals surface area contributed by atoms with Crippen LogP contribution in [-0.4, -0.2) is 5.91 Å². The predicted molar refractivity (Wildman–Crippen MR) is 77.6 cm³/mol. The lowest BCUT2D eigenvalue weighted by Gasteiger charge is -2.15. The fourth-order valence-corrected chi connectivity index (χ4v) is 1.89. The van der Waals surface area contributed by atoms with Crippen molar-refractivity contribution in [3.05, 3.63) is 59.7 Å². The highest BCUT2D eigenvalue weighted by Crippen LogP contribution is 2.17. The second-order valence-corrected chi connectivity index (χ2v) is 4.45. The largest absolute Gasteiger partial charge is 0.399 e. The number of nitrogen functional groups attached to an aromatic ring is 2. The van der Waals surface area contributed by atoms with E-state index >= 15 is 0 Å². The van der Waals surface area contributed by atoms with Gasteiger partial charge >= 0.3 is 0 Å². The van der Waals surface area contributed by atoms with E-state index in [0.717, 1.165) is 5.56 Å². The maximum atomic E-state index is 12.1. The minimum atomic E-state index is -0.200. The molecule has 2 aromatic rings. The molecule has 4 nitrogen and oxygen atoms in total. The first-order valence-corrected chi connectivity index (χ1v) is 6.08. The zero-order valence-corrected chi connectivity index (χ0v) is 10.8. The van der Waals surface area contributed by atoms with Crippen molar-refractivity contribution < 1.29 is 4.79 Å². The van der Waals surface area contributed by atoms with Crippen molar-refractivity contribution in [3.63, 3.8) is 0 Å². The number of carbonyl (C=O) groups excluding carboxylic acids is 1. The van der Waals surface area contributed by atoms with Crippen LogP contribution >= 0.6 is 0 Å². The van der Waals surface area contributed by atoms with Gasteiger partial charge in [0.25, 0.3) is 5.91 Å². The highest BCUT2D eigenvalue weighted by molar-refractivity contribution is 5.99. The molecular weight excluding hydrogens is 238 g/mol. The summed E-state index contributed by atoms with van der Waals surface area (Å²) in [4.78, 5) is 12.1. The Hall–Kier alpha value is -2.49. The summed E-state index contributed by atoms with van der Waals surface area (Å²) >= 11 is 0. The van der Waals surface area contributed by atoms with Crippen LogP contribution in [0.25, 0.3) is 0 Å². The second kappa shape index (κ2) is 5.44. The van der Waals surface area contributed by atoms with Gasteiger partial charge < -0.3 is 16.8 Å². The van der Waals surface area contributed by atoms with E-state index in [1.807, 2.05) is 37.3 Å². The smallest absolute Gasteiger partial charge is 0.253 e. The van der Waals surface area contributed by atoms with Crippen LogP contribution in [0.1, 0.15) is 28.9 Å². The predicted octanol–water partition coefficient (Wildman–Crippen LogP) is 2.34. The minimum Gasteiger partial charge on any atom is -0.399 e. The zero-order valence-electron chi connectivity index (χ0n) is 10.8. The molecule has 0 aromatic heterocycles. The molecule has 19 heavy (non-hydrogen) atoms. The van der Waals surface area contributed by atoms with Crippen molar-refractivity contribution in [2.75, 3.05) is 11.5 Å². The number of anilines is 2. The summed E-state index contributed by atoms with van der Waals surface area (Å²) in [6, 6.07) is 14.6. The molecule has 0 aliphatic carbocycles. The molecule has 4 heteroatoms. The number of carbonyl (C=O) groups is 1. The summed E-state index contributed by atoms with van der Waals surface area (Å²) in [5.74, 6) is -0.200. The average molecular weight is 255 g/mol. The topological polar surface area (TPSA) is 81.1 Å². The van der Waals surface area contributed by atoms with Gasteiger partial charge in [-0.2, -0.15) is 0 Å². The molecule has 1 atom stereocenters. The average Bonchev–Trinajstić information content (AvgIpc) is 2.39. The molecule has 98 valence electrons. The van der Waals surface area contributed by atoms with Crippen molar-refractivity contribution in [1.29, 1.82) is 0 Å². The van der Waals surface area contributed by atoms with E-state index in [9.17, 15) is 4.79 Å². The van der Waals surface area contributed by atoms with Gasteiger partial charge in [-0.3, -0.25) is 4.79 Å². The van der Waals surface area contributed by atoms with Gasteiger partial charge in [-0.15, -0.1) is 0 Å². The van der Waals surface area contributed by atoms with Crippen molar-refractivity contribution >= 4 is 17.3 Å². The number of hydrogen-bond acceptors (Lipinski definition) is 3. The lowest BCUT2D eigenvalue weighted by atomic mass is 10.1. The first kappa shape index (κ1) is 13.0. The van der Waals surface area contributed by atoms with E-state index in [1.165, 1.54) is 0 Å². The molecule has 2 rings (SSSR count). The molecule has 0 radical (unpaired) electrons. The van der Waals surface area contributed by atoms with Crippen molar-refractivity contribution in [3.8, 4) is 0 Å². The maximum Gasteiger partial charge on any atom is 0.253 e. The lowest BCUT2D eigenvalue weighted by molar-refractivity contribution is 0.0941. The molecule has 0 saturated carbocycles. The van der Waals surface area contributed by atoms with E-state index < -0.39 is 0 Å². The van der Waals surface area contributed by atoms with Gasteiger partial charge in [-0.1, -0.05) is 30.3 Å². The van der Waals surface area contributed by atoms with Crippen LogP contribution in [-0.2, 0) is 0 Å². The van der Waals surface area contributed by atoms with Crippen LogP contribution in [0.4, 0.5) is 11.4 Å². The van der Waals surface area contributed by atoms with Gasteiger partial charge in [0.15, 0.2) is 0 Å². The van der Waals surface area contributed by atoms with Crippen LogP contribution in [0.3, 0.4) is 0 Å². The Labute approximate surface area is 112 Å². The highest BCUT2D eigenvalue weighted by Gasteiger charge is 2.13. The summed E-state index contributed by atoms with van der Waals surface area (Å²) < 4.78 is 0. The van der Waals surface area contributed by atoms with Gasteiger partial charge in [-0.05, 0) is 30.7 Å². The summed E-state index contributed by atoms with van der Waals surface area (Å²) in [7, 11) is 0. The third-order valence-corrected chi connectivity index (χ3v) is 2.97. The fraction of sp³-hybridized carbons (Fsp3) is 0.133. The van der Waals surface area contributed by atoms with Crippen molar-refractivity contribution in [2.45, 2.75) is 13.0 Å². The first-order chi connectivity index (χ1) is 9.08. The molecule has 5 N–H and O–H groups in total. The Morgan fingerprint density at radius 1 is 1.11 bits per heavy atom. The quantitative estimate of drug-likeness (QED) is 0.736. The van der Waals surface area contributed by atoms with Gasteiger partial charge in [0.2, 0.25) is 0 Å². The standard InChI is InChI=1S/C15H17N3O/c1-10(11-5-3-2-4-6-11)18-15(19)13-8-7-12(16)9-14(13)17/h2-10H,16-17H2,1H3,(H,18,19). The van der Waals surface area contributed by atoms with E-state index in [1.54, 1.807) is 18.2 Å². The number of benzene rings is 2. The van der Waals surface area contributed by atoms with Crippen LogP contribution in [0, 0.1) is 0 Å². The van der Waals surface area contributed by atoms with Crippen LogP contribution in [0.5, 0.6) is 0 Å². The molecule has 0 fully saturated rings. The van der Waals surface area contributed by atoms with Gasteiger partial charge in [0.1, 0.15) is 0 Å². The second-order valence-electron chi connectivity index (χ2n) is 4.45. The van der Waals surface area contributed by atoms with Crippen LogP contribution < -0.4 is 16.8 Å². The Morgan fingerprint density at radius 2 is 1.79 bits per heavy atom. The van der Waals surface area contributed by atoms with Crippen molar-refractivity contribution in [1.82, 2.24) is 5.32 Å². The SMILES string of the molecule is CC(NC(=O)c1ccc(N)cc1N)c1ccccc1. The third-order valence-electron chi connectivity index (χ3n) is 2.97. The monoisotopic (exact) mass is 255 g/mol. The summed E-state index contributed by atoms with van der Waals surface area (Å²) in [5.41, 5.74) is 13.8. The Bertz CT molecular complexity index is 581. The Balaban J connectivity index is 2.13. The number of hydrogen-bond donors (Lipinski definition) is 3. The van der Waals surface area contributed by atoms with E-state index in [0.29, 0.717) is 16.9 Å². The maximum absolute atomic E-state index is 12.1. The molecule has 0 bridgehead atoms. The van der Waals surface area contributed by atoms with Crippen LogP contribution in [0.15, 0.2) is 48.5 Å². The number of nitrogens with two attached hydrogens (primary N) is 2.